The first kappa shape index (κ1) is 22.9. The molecule has 0 aromatic heterocycles. The molecular formula is C21H22N2O9. The van der Waals surface area contributed by atoms with Crippen molar-refractivity contribution in [1.82, 2.24) is 4.90 Å². The highest BCUT2D eigenvalue weighted by Crippen LogP contribution is 2.43. The van der Waals surface area contributed by atoms with Crippen LogP contribution < -0.4 is 0 Å². The Morgan fingerprint density at radius 1 is 1.16 bits per heavy atom. The molecule has 2 aliphatic heterocycles. The smallest absolute Gasteiger partial charge is 0.434 e. The summed E-state index contributed by atoms with van der Waals surface area (Å²) < 4.78 is 15.0. The molecule has 0 spiro atoms. The molecule has 11 nitrogen and oxygen atoms in total. The fraction of sp³-hybridized carbons (Fsp3) is 0.429. The number of carbonyl (C=O) groups is 4. The van der Waals surface area contributed by atoms with Gasteiger partial charge < -0.3 is 19.1 Å². The van der Waals surface area contributed by atoms with Crippen LogP contribution in [-0.2, 0) is 23.8 Å². The van der Waals surface area contributed by atoms with E-state index in [1.54, 1.807) is 6.92 Å². The minimum atomic E-state index is -1.06. The van der Waals surface area contributed by atoms with Crippen LogP contribution in [-0.4, -0.2) is 53.1 Å². The summed E-state index contributed by atoms with van der Waals surface area (Å²) in [6.07, 6.45) is -0.691. The lowest BCUT2D eigenvalue weighted by molar-refractivity contribution is -0.384. The Balaban J connectivity index is 1.75. The number of benzene rings is 1. The van der Waals surface area contributed by atoms with Crippen molar-refractivity contribution < 1.29 is 38.3 Å². The Kier molecular flexibility index (Phi) is 6.56. The summed E-state index contributed by atoms with van der Waals surface area (Å²) in [6, 6.07) is 4.24. The fourth-order valence-electron chi connectivity index (χ4n) is 3.49. The average Bonchev–Trinajstić information content (AvgIpc) is 2.97. The molecule has 0 N–H and O–H groups in total. The van der Waals surface area contributed by atoms with Gasteiger partial charge in [-0.25, -0.2) is 14.4 Å². The van der Waals surface area contributed by atoms with Gasteiger partial charge >= 0.3 is 18.1 Å². The second kappa shape index (κ2) is 9.16. The number of esters is 2. The summed E-state index contributed by atoms with van der Waals surface area (Å²) in [5.41, 5.74) is -0.0790. The third-order valence-corrected chi connectivity index (χ3v) is 5.23. The molecule has 0 aliphatic carbocycles. The van der Waals surface area contributed by atoms with Gasteiger partial charge in [-0.1, -0.05) is 20.8 Å². The van der Waals surface area contributed by atoms with Crippen molar-refractivity contribution in [3.63, 3.8) is 0 Å². The lowest BCUT2D eigenvalue weighted by Gasteiger charge is -2.37. The Bertz CT molecular complexity index is 997. The number of nitrogens with zero attached hydrogens (tertiary/aromatic N) is 2. The highest BCUT2D eigenvalue weighted by molar-refractivity contribution is 6.06. The van der Waals surface area contributed by atoms with E-state index in [0.29, 0.717) is 5.57 Å². The van der Waals surface area contributed by atoms with Crippen molar-refractivity contribution in [2.75, 3.05) is 13.2 Å². The van der Waals surface area contributed by atoms with E-state index in [2.05, 4.69) is 0 Å². The molecule has 1 fully saturated rings. The second-order valence-corrected chi connectivity index (χ2v) is 7.92. The zero-order chi connectivity index (χ0) is 23.6. The average molecular weight is 446 g/mol. The number of carbonyl (C=O) groups excluding carboxylic acids is 4. The predicted molar refractivity (Wildman–Crippen MR) is 107 cm³/mol. The van der Waals surface area contributed by atoms with E-state index >= 15 is 0 Å². The van der Waals surface area contributed by atoms with Gasteiger partial charge in [-0.05, 0) is 18.1 Å². The first-order chi connectivity index (χ1) is 15.1. The van der Waals surface area contributed by atoms with E-state index in [4.69, 9.17) is 14.2 Å². The lowest BCUT2D eigenvalue weighted by atomic mass is 9.90. The van der Waals surface area contributed by atoms with Crippen molar-refractivity contribution in [1.29, 1.82) is 0 Å². The van der Waals surface area contributed by atoms with Crippen molar-refractivity contribution in [3.8, 4) is 0 Å². The lowest BCUT2D eigenvalue weighted by Crippen LogP contribution is -2.52. The van der Waals surface area contributed by atoms with Crippen LogP contribution in [0.2, 0.25) is 0 Å². The van der Waals surface area contributed by atoms with E-state index in [1.807, 2.05) is 13.8 Å². The molecule has 2 unspecified atom stereocenters. The number of β-lactam (4-membered cyclic amide) rings is 1. The number of fused-ring (bicyclic) bond motifs is 1. The van der Waals surface area contributed by atoms with Crippen LogP contribution in [0.25, 0.3) is 0 Å². The standard InChI is InChI=1S/C21H22N2O9/c1-11(2)9-30-21(27)31-10-15-12(3)16-8-17(24)22(16)18(15)20(26)32-19(25)13-4-6-14(7-5-13)23(28)29/h4-7,11-12,16H,8-10H2,1-3H3. The van der Waals surface area contributed by atoms with Crippen LogP contribution in [0.1, 0.15) is 37.6 Å². The number of rotatable bonds is 7. The molecule has 32 heavy (non-hydrogen) atoms. The number of nitro groups is 1. The van der Waals surface area contributed by atoms with Crippen LogP contribution in [0.4, 0.5) is 10.5 Å². The minimum Gasteiger partial charge on any atom is -0.434 e. The molecule has 11 heteroatoms. The highest BCUT2D eigenvalue weighted by Gasteiger charge is 2.52. The van der Waals surface area contributed by atoms with Crippen LogP contribution in [0.5, 0.6) is 0 Å². The first-order valence-corrected chi connectivity index (χ1v) is 9.95. The van der Waals surface area contributed by atoms with Gasteiger partial charge in [0, 0.05) is 30.0 Å². The highest BCUT2D eigenvalue weighted by atomic mass is 16.7. The number of amides is 1. The third-order valence-electron chi connectivity index (χ3n) is 5.23. The monoisotopic (exact) mass is 446 g/mol. The van der Waals surface area contributed by atoms with E-state index in [9.17, 15) is 29.3 Å². The van der Waals surface area contributed by atoms with Gasteiger partial charge in [-0.3, -0.25) is 14.9 Å². The molecule has 0 bridgehead atoms. The van der Waals surface area contributed by atoms with Crippen LogP contribution in [0.3, 0.4) is 0 Å². The first-order valence-electron chi connectivity index (χ1n) is 9.95. The number of hydrogen-bond acceptors (Lipinski definition) is 9. The van der Waals surface area contributed by atoms with Crippen LogP contribution in [0.15, 0.2) is 35.5 Å². The summed E-state index contributed by atoms with van der Waals surface area (Å²) in [7, 11) is 0. The van der Waals surface area contributed by atoms with E-state index in [0.717, 1.165) is 24.3 Å². The summed E-state index contributed by atoms with van der Waals surface area (Å²) in [6.45, 7) is 5.37. The number of non-ortho nitro benzene ring substituents is 1. The molecule has 3 rings (SSSR count). The van der Waals surface area contributed by atoms with Gasteiger partial charge in [0.15, 0.2) is 0 Å². The van der Waals surface area contributed by atoms with Crippen molar-refractivity contribution in [2.24, 2.45) is 11.8 Å². The summed E-state index contributed by atoms with van der Waals surface area (Å²) in [4.78, 5) is 60.4. The van der Waals surface area contributed by atoms with Gasteiger partial charge in [-0.2, -0.15) is 0 Å². The normalized spacial score (nSPS) is 19.4. The molecule has 2 atom stereocenters. The minimum absolute atomic E-state index is 0.0721. The summed E-state index contributed by atoms with van der Waals surface area (Å²) in [5.74, 6) is -2.58. The Morgan fingerprint density at radius 3 is 2.38 bits per heavy atom. The molecule has 0 radical (unpaired) electrons. The Hall–Kier alpha value is -3.76. The maximum atomic E-state index is 12.8. The molecule has 1 aromatic rings. The largest absolute Gasteiger partial charge is 0.508 e. The zero-order valence-electron chi connectivity index (χ0n) is 17.7. The molecule has 170 valence electrons. The van der Waals surface area contributed by atoms with Crippen molar-refractivity contribution in [3.05, 3.63) is 51.2 Å². The maximum absolute atomic E-state index is 12.8. The SMILES string of the molecule is CC(C)COC(=O)OCC1=C(C(=O)OC(=O)c2ccc([N+](=O)[O-])cc2)N2C(=O)CC2C1C. The zero-order valence-corrected chi connectivity index (χ0v) is 17.7. The molecule has 1 saturated heterocycles. The van der Waals surface area contributed by atoms with Gasteiger partial charge in [0.25, 0.3) is 5.69 Å². The molecule has 0 saturated carbocycles. The fourth-order valence-corrected chi connectivity index (χ4v) is 3.49. The van der Waals surface area contributed by atoms with Gasteiger partial charge in [0.1, 0.15) is 12.3 Å². The third kappa shape index (κ3) is 4.61. The quantitative estimate of drug-likeness (QED) is 0.203. The Labute approximate surface area is 183 Å². The van der Waals surface area contributed by atoms with Crippen LogP contribution >= 0.6 is 0 Å². The van der Waals surface area contributed by atoms with Crippen molar-refractivity contribution in [2.45, 2.75) is 33.2 Å². The van der Waals surface area contributed by atoms with Crippen molar-refractivity contribution >= 4 is 29.7 Å². The summed E-state index contributed by atoms with van der Waals surface area (Å²) in [5, 5.41) is 10.7. The van der Waals surface area contributed by atoms with E-state index in [1.165, 1.54) is 4.90 Å². The number of ether oxygens (including phenoxy) is 3. The topological polar surface area (TPSA) is 142 Å². The van der Waals surface area contributed by atoms with E-state index < -0.39 is 23.0 Å². The van der Waals surface area contributed by atoms with Gasteiger partial charge in [0.05, 0.1) is 23.1 Å². The van der Waals surface area contributed by atoms with Gasteiger partial charge in [-0.15, -0.1) is 0 Å². The Morgan fingerprint density at radius 2 is 1.81 bits per heavy atom. The van der Waals surface area contributed by atoms with Crippen LogP contribution in [0, 0.1) is 22.0 Å². The molecule has 2 aliphatic rings. The number of nitro benzene ring substituents is 1. The molecule has 2 heterocycles. The molecule has 1 aromatic carbocycles. The predicted octanol–water partition coefficient (Wildman–Crippen LogP) is 2.59. The molecule has 1 amide bonds. The molecular weight excluding hydrogens is 424 g/mol. The van der Waals surface area contributed by atoms with Gasteiger partial charge in [0.2, 0.25) is 5.91 Å². The number of hydrogen-bond donors (Lipinski definition) is 0. The maximum Gasteiger partial charge on any atom is 0.508 e. The summed E-state index contributed by atoms with van der Waals surface area (Å²) >= 11 is 0. The second-order valence-electron chi connectivity index (χ2n) is 7.92. The van der Waals surface area contributed by atoms with E-state index in [-0.39, 0.29) is 60.4 Å².